The highest BCUT2D eigenvalue weighted by molar-refractivity contribution is 6.15. The van der Waals surface area contributed by atoms with Crippen molar-refractivity contribution in [2.45, 2.75) is 12.3 Å². The maximum atomic E-state index is 6.43. The van der Waals surface area contributed by atoms with Gasteiger partial charge in [-0.05, 0) is 81.6 Å². The number of nitrogens with zero attached hydrogens (tertiary/aromatic N) is 2. The zero-order chi connectivity index (χ0) is 36.5. The molecule has 1 aliphatic rings. The Balaban J connectivity index is 1.08. The summed E-state index contributed by atoms with van der Waals surface area (Å²) in [5.74, 6) is 0.701. The van der Waals surface area contributed by atoms with Crippen LogP contribution in [0.15, 0.2) is 192 Å². The maximum Gasteiger partial charge on any atom is 0.160 e. The van der Waals surface area contributed by atoms with Crippen LogP contribution in [0.5, 0.6) is 0 Å². The van der Waals surface area contributed by atoms with Gasteiger partial charge >= 0.3 is 0 Å². The molecule has 258 valence electrons. The first-order valence-corrected chi connectivity index (χ1v) is 18.8. The number of furan rings is 1. The van der Waals surface area contributed by atoms with Crippen LogP contribution in [-0.2, 0) is 5.41 Å². The zero-order valence-electron chi connectivity index (χ0n) is 30.2. The van der Waals surface area contributed by atoms with Crippen LogP contribution in [0.3, 0.4) is 0 Å². The van der Waals surface area contributed by atoms with Gasteiger partial charge in [-0.1, -0.05) is 158 Å². The molecule has 0 saturated carbocycles. The maximum absolute atomic E-state index is 6.43. The number of rotatable bonds is 5. The van der Waals surface area contributed by atoms with Crippen LogP contribution in [0.2, 0.25) is 0 Å². The SMILES string of the molecule is CC1(c2ccccc2)c2ccccc2-c2c(-c3cc(-c4cccc(-c5ccc6oc7c8ccccc8ccc7c6c5)c4)nc(-c4ccccc4)n3)cccc21. The molecular formula is C52H34N2O. The predicted molar refractivity (Wildman–Crippen MR) is 226 cm³/mol. The van der Waals surface area contributed by atoms with Gasteiger partial charge in [0.1, 0.15) is 11.2 Å². The fourth-order valence-corrected chi connectivity index (χ4v) is 8.83. The second kappa shape index (κ2) is 12.2. The van der Waals surface area contributed by atoms with E-state index in [-0.39, 0.29) is 5.41 Å². The summed E-state index contributed by atoms with van der Waals surface area (Å²) in [6.45, 7) is 2.36. The monoisotopic (exact) mass is 702 g/mol. The van der Waals surface area contributed by atoms with Gasteiger partial charge < -0.3 is 4.42 Å². The molecule has 0 fully saturated rings. The minimum absolute atomic E-state index is 0.301. The molecule has 0 bridgehead atoms. The highest BCUT2D eigenvalue weighted by Crippen LogP contribution is 2.55. The summed E-state index contributed by atoms with van der Waals surface area (Å²) in [6.07, 6.45) is 0. The molecule has 8 aromatic carbocycles. The minimum Gasteiger partial charge on any atom is -0.455 e. The number of benzene rings is 8. The standard InChI is InChI=1S/C52H34N2O/c1-52(38-19-6-3-7-20-38)44-24-11-10-22-41(44)49-42(23-13-25-45(49)52)47-32-46(53-51(54-47)34-15-4-2-5-16-34)37-18-12-17-35(30-37)36-27-29-48-43(31-36)40-28-26-33-14-8-9-21-39(33)50(40)55-48/h2-32H,1H3. The Hall–Kier alpha value is -7.10. The van der Waals surface area contributed by atoms with Gasteiger partial charge in [0.15, 0.2) is 5.82 Å². The molecule has 3 heteroatoms. The lowest BCUT2D eigenvalue weighted by molar-refractivity contribution is 0.672. The molecule has 0 N–H and O–H groups in total. The van der Waals surface area contributed by atoms with Crippen LogP contribution in [0, 0.1) is 0 Å². The fourth-order valence-electron chi connectivity index (χ4n) is 8.83. The van der Waals surface area contributed by atoms with Crippen LogP contribution in [0.1, 0.15) is 23.6 Å². The molecule has 3 nitrogen and oxygen atoms in total. The van der Waals surface area contributed by atoms with Crippen LogP contribution in [0.4, 0.5) is 0 Å². The number of fused-ring (bicyclic) bond motifs is 8. The minimum atomic E-state index is -0.301. The van der Waals surface area contributed by atoms with Crippen molar-refractivity contribution in [1.29, 1.82) is 0 Å². The largest absolute Gasteiger partial charge is 0.455 e. The zero-order valence-corrected chi connectivity index (χ0v) is 30.2. The summed E-state index contributed by atoms with van der Waals surface area (Å²) in [5, 5.41) is 4.54. The fraction of sp³-hybridized carbons (Fsp3) is 0.0385. The average Bonchev–Trinajstić information content (AvgIpc) is 3.77. The molecule has 55 heavy (non-hydrogen) atoms. The van der Waals surface area contributed by atoms with Gasteiger partial charge in [0.2, 0.25) is 0 Å². The molecule has 0 spiro atoms. The van der Waals surface area contributed by atoms with E-state index in [1.54, 1.807) is 0 Å². The molecule has 11 rings (SSSR count). The van der Waals surface area contributed by atoms with Crippen molar-refractivity contribution in [3.63, 3.8) is 0 Å². The van der Waals surface area contributed by atoms with Crippen molar-refractivity contribution in [3.8, 4) is 56.2 Å². The highest BCUT2D eigenvalue weighted by atomic mass is 16.3. The number of aromatic nitrogens is 2. The first kappa shape index (κ1) is 31.4. The van der Waals surface area contributed by atoms with Gasteiger partial charge in [0.05, 0.1) is 11.4 Å². The number of hydrogen-bond donors (Lipinski definition) is 0. The van der Waals surface area contributed by atoms with E-state index in [4.69, 9.17) is 14.4 Å². The van der Waals surface area contributed by atoms with E-state index in [1.165, 1.54) is 33.2 Å². The molecule has 2 aromatic heterocycles. The lowest BCUT2D eigenvalue weighted by Gasteiger charge is -2.28. The van der Waals surface area contributed by atoms with Crippen molar-refractivity contribution in [1.82, 2.24) is 9.97 Å². The van der Waals surface area contributed by atoms with Crippen molar-refractivity contribution < 1.29 is 4.42 Å². The van der Waals surface area contributed by atoms with Crippen molar-refractivity contribution >= 4 is 32.7 Å². The molecule has 10 aromatic rings. The van der Waals surface area contributed by atoms with E-state index in [2.05, 4.69) is 177 Å². The normalized spacial score (nSPS) is 14.7. The first-order valence-electron chi connectivity index (χ1n) is 18.8. The topological polar surface area (TPSA) is 38.9 Å². The van der Waals surface area contributed by atoms with Gasteiger partial charge in [-0.2, -0.15) is 0 Å². The Kier molecular flexibility index (Phi) is 6.99. The Morgan fingerprint density at radius 3 is 2.00 bits per heavy atom. The van der Waals surface area contributed by atoms with Crippen LogP contribution in [0.25, 0.3) is 88.9 Å². The lowest BCUT2D eigenvalue weighted by atomic mass is 9.74. The summed E-state index contributed by atoms with van der Waals surface area (Å²) < 4.78 is 6.43. The molecule has 0 aliphatic heterocycles. The van der Waals surface area contributed by atoms with Gasteiger partial charge in [0, 0.05) is 38.3 Å². The third-order valence-electron chi connectivity index (χ3n) is 11.6. The van der Waals surface area contributed by atoms with E-state index >= 15 is 0 Å². The third-order valence-corrected chi connectivity index (χ3v) is 11.6. The van der Waals surface area contributed by atoms with E-state index in [0.717, 1.165) is 66.5 Å². The van der Waals surface area contributed by atoms with Crippen molar-refractivity contribution in [2.24, 2.45) is 0 Å². The predicted octanol–water partition coefficient (Wildman–Crippen LogP) is 13.5. The summed E-state index contributed by atoms with van der Waals surface area (Å²) in [6, 6.07) is 66.8. The first-order chi connectivity index (χ1) is 27.1. The Bertz CT molecular complexity index is 3110. The second-order valence-corrected chi connectivity index (χ2v) is 14.6. The molecule has 1 aliphatic carbocycles. The van der Waals surface area contributed by atoms with Gasteiger partial charge in [0.25, 0.3) is 0 Å². The van der Waals surface area contributed by atoms with Crippen molar-refractivity contribution in [3.05, 3.63) is 205 Å². The molecular weight excluding hydrogens is 669 g/mol. The highest BCUT2D eigenvalue weighted by Gasteiger charge is 2.41. The summed E-state index contributed by atoms with van der Waals surface area (Å²) in [4.78, 5) is 10.5. The quantitative estimate of drug-likeness (QED) is 0.179. The molecule has 1 atom stereocenters. The molecule has 2 heterocycles. The number of hydrogen-bond acceptors (Lipinski definition) is 3. The van der Waals surface area contributed by atoms with Crippen LogP contribution in [-0.4, -0.2) is 9.97 Å². The Morgan fingerprint density at radius 2 is 1.11 bits per heavy atom. The van der Waals surface area contributed by atoms with E-state index in [1.807, 2.05) is 18.2 Å². The molecule has 0 radical (unpaired) electrons. The summed E-state index contributed by atoms with van der Waals surface area (Å²) in [5.41, 5.74) is 15.0. The summed E-state index contributed by atoms with van der Waals surface area (Å²) >= 11 is 0. The lowest BCUT2D eigenvalue weighted by Crippen LogP contribution is -2.22. The van der Waals surface area contributed by atoms with Crippen LogP contribution < -0.4 is 0 Å². The molecule has 1 unspecified atom stereocenters. The smallest absolute Gasteiger partial charge is 0.160 e. The Morgan fingerprint density at radius 1 is 0.436 bits per heavy atom. The van der Waals surface area contributed by atoms with Gasteiger partial charge in [-0.3, -0.25) is 0 Å². The molecule has 0 amide bonds. The average molecular weight is 703 g/mol. The van der Waals surface area contributed by atoms with E-state index in [0.29, 0.717) is 5.82 Å². The molecule has 0 saturated heterocycles. The van der Waals surface area contributed by atoms with Crippen LogP contribution >= 0.6 is 0 Å². The van der Waals surface area contributed by atoms with Gasteiger partial charge in [-0.15, -0.1) is 0 Å². The van der Waals surface area contributed by atoms with Crippen molar-refractivity contribution in [2.75, 3.05) is 0 Å². The second-order valence-electron chi connectivity index (χ2n) is 14.6. The van der Waals surface area contributed by atoms with E-state index in [9.17, 15) is 0 Å². The Labute approximate surface area is 319 Å². The van der Waals surface area contributed by atoms with Gasteiger partial charge in [-0.25, -0.2) is 9.97 Å². The third kappa shape index (κ3) is 4.90. The van der Waals surface area contributed by atoms with E-state index < -0.39 is 0 Å². The summed E-state index contributed by atoms with van der Waals surface area (Å²) in [7, 11) is 0.